The van der Waals surface area contributed by atoms with Crippen LogP contribution in [0.15, 0.2) is 59.1 Å². The van der Waals surface area contributed by atoms with Crippen LogP contribution in [0, 0.1) is 5.82 Å². The maximum atomic E-state index is 13.6. The Bertz CT molecular complexity index is 1400. The Labute approximate surface area is 223 Å². The van der Waals surface area contributed by atoms with Crippen LogP contribution in [0.3, 0.4) is 0 Å². The highest BCUT2D eigenvalue weighted by molar-refractivity contribution is 9.10. The fourth-order valence-corrected chi connectivity index (χ4v) is 6.10. The smallest absolute Gasteiger partial charge is 0.245 e. The number of ether oxygens (including phenoxy) is 2. The maximum absolute atomic E-state index is 13.6. The first-order chi connectivity index (χ1) is 17.8. The third-order valence-electron chi connectivity index (χ3n) is 7.46. The van der Waals surface area contributed by atoms with E-state index in [0.29, 0.717) is 19.6 Å². The van der Waals surface area contributed by atoms with Gasteiger partial charge in [-0.2, -0.15) is 0 Å². The average molecular weight is 567 g/mol. The number of para-hydroxylation sites is 1. The van der Waals surface area contributed by atoms with Crippen molar-refractivity contribution < 1.29 is 23.5 Å². The van der Waals surface area contributed by atoms with Gasteiger partial charge in [0.15, 0.2) is 0 Å². The zero-order valence-corrected chi connectivity index (χ0v) is 22.5. The van der Waals surface area contributed by atoms with Crippen molar-refractivity contribution in [1.82, 2.24) is 0 Å². The predicted octanol–water partition coefficient (Wildman–Crippen LogP) is 5.99. The van der Waals surface area contributed by atoms with Gasteiger partial charge in [-0.3, -0.25) is 9.59 Å². The normalized spacial score (nSPS) is 22.4. The van der Waals surface area contributed by atoms with Gasteiger partial charge in [-0.15, -0.1) is 0 Å². The molecule has 8 heteroatoms. The van der Waals surface area contributed by atoms with Crippen molar-refractivity contribution in [3.05, 3.63) is 81.6 Å². The minimum Gasteiger partial charge on any atom is -0.491 e. The third kappa shape index (κ3) is 3.98. The van der Waals surface area contributed by atoms with Gasteiger partial charge in [0.05, 0.1) is 5.69 Å². The second-order valence-corrected chi connectivity index (χ2v) is 10.5. The number of likely N-dealkylation sites (N-methyl/N-ethyl adjacent to an activating group) is 1. The molecule has 0 radical (unpaired) electrons. The lowest BCUT2D eigenvalue weighted by atomic mass is 9.76. The Hall–Kier alpha value is -3.39. The van der Waals surface area contributed by atoms with E-state index in [1.165, 1.54) is 17.7 Å². The van der Waals surface area contributed by atoms with Gasteiger partial charge in [-0.1, -0.05) is 41.1 Å². The van der Waals surface area contributed by atoms with E-state index in [9.17, 15) is 14.0 Å². The van der Waals surface area contributed by atoms with Crippen molar-refractivity contribution >= 4 is 39.6 Å². The first-order valence-corrected chi connectivity index (χ1v) is 13.1. The molecule has 6 nitrogen and oxygen atoms in total. The van der Waals surface area contributed by atoms with Crippen molar-refractivity contribution in [1.29, 1.82) is 0 Å². The Balaban J connectivity index is 0.000000237. The molecule has 3 aliphatic heterocycles. The molecule has 2 amide bonds. The second-order valence-electron chi connectivity index (χ2n) is 9.66. The highest BCUT2D eigenvalue weighted by Gasteiger charge is 2.58. The van der Waals surface area contributed by atoms with Crippen molar-refractivity contribution in [2.45, 2.75) is 44.6 Å². The summed E-state index contributed by atoms with van der Waals surface area (Å²) in [5, 5.41) is 2.22. The molecule has 0 aromatic heterocycles. The molecule has 6 rings (SSSR count). The number of rotatable bonds is 4. The number of hydrogen-bond acceptors (Lipinski definition) is 4. The highest BCUT2D eigenvalue weighted by atomic mass is 79.9. The summed E-state index contributed by atoms with van der Waals surface area (Å²) in [5.74, 6) is 1.33. The molecule has 37 heavy (non-hydrogen) atoms. The lowest BCUT2D eigenvalue weighted by Gasteiger charge is -2.23. The summed E-state index contributed by atoms with van der Waals surface area (Å²) in [6.45, 7) is 7.27. The van der Waals surface area contributed by atoms with Crippen molar-refractivity contribution in [2.24, 2.45) is 0 Å². The molecule has 192 valence electrons. The zero-order chi connectivity index (χ0) is 26.4. The van der Waals surface area contributed by atoms with E-state index in [4.69, 9.17) is 9.47 Å². The van der Waals surface area contributed by atoms with E-state index >= 15 is 0 Å². The molecule has 3 aromatic rings. The number of carbonyl (C=O) groups excluding carboxylic acids is 2. The Morgan fingerprint density at radius 2 is 1.92 bits per heavy atom. The molecule has 1 N–H and O–H groups in total. The summed E-state index contributed by atoms with van der Waals surface area (Å²) >= 11 is 3.70. The number of benzene rings is 3. The van der Waals surface area contributed by atoms with Crippen LogP contribution in [0.2, 0.25) is 0 Å². The van der Waals surface area contributed by atoms with Gasteiger partial charge in [0.2, 0.25) is 12.3 Å². The summed E-state index contributed by atoms with van der Waals surface area (Å²) in [4.78, 5) is 25.3. The van der Waals surface area contributed by atoms with Crippen LogP contribution in [0.5, 0.6) is 11.5 Å². The lowest BCUT2D eigenvalue weighted by Crippen LogP contribution is -2.42. The third-order valence-corrected chi connectivity index (χ3v) is 8.12. The van der Waals surface area contributed by atoms with Gasteiger partial charge in [0, 0.05) is 40.3 Å². The van der Waals surface area contributed by atoms with Crippen LogP contribution in [-0.4, -0.2) is 31.1 Å². The fraction of sp³-hybridized carbons (Fsp3) is 0.310. The van der Waals surface area contributed by atoms with Crippen LogP contribution in [0.4, 0.5) is 15.8 Å². The van der Waals surface area contributed by atoms with E-state index in [1.54, 1.807) is 12.1 Å². The zero-order valence-electron chi connectivity index (χ0n) is 20.9. The molecule has 3 aliphatic rings. The standard InChI is InChI=1S/C22H22BrNO3.C7H6FNO/c1-4-21(3)11-13-9-14-18(10-17(13)27-21)26-12-22(14)19-15(23)7-6-8-16(19)24(5-2)20(22)25;8-6-3-1-2-4-7(6)9-5-10/h6-10H,4-5,11-12H2,1-3H3;1-5H,(H,9,10). The quantitative estimate of drug-likeness (QED) is 0.394. The Morgan fingerprint density at radius 3 is 2.62 bits per heavy atom. The van der Waals surface area contributed by atoms with E-state index in [-0.39, 0.29) is 17.2 Å². The molecule has 1 spiro atoms. The summed E-state index contributed by atoms with van der Waals surface area (Å²) in [7, 11) is 0. The minimum atomic E-state index is -0.777. The molecule has 0 bridgehead atoms. The molecular weight excluding hydrogens is 539 g/mol. The van der Waals surface area contributed by atoms with Gasteiger partial charge in [0.1, 0.15) is 34.9 Å². The number of nitrogens with one attached hydrogen (secondary N) is 1. The van der Waals surface area contributed by atoms with Crippen LogP contribution >= 0.6 is 15.9 Å². The number of halogens is 2. The summed E-state index contributed by atoms with van der Waals surface area (Å²) in [6, 6.07) is 16.1. The Kier molecular flexibility index (Phi) is 6.48. The number of hydrogen-bond donors (Lipinski definition) is 1. The fourth-order valence-electron chi connectivity index (χ4n) is 5.40. The van der Waals surface area contributed by atoms with Gasteiger partial charge in [-0.25, -0.2) is 4.39 Å². The first-order valence-electron chi connectivity index (χ1n) is 12.3. The van der Waals surface area contributed by atoms with E-state index < -0.39 is 11.2 Å². The number of anilines is 2. The first kappa shape index (κ1) is 25.3. The number of carbonyl (C=O) groups is 2. The molecule has 2 unspecified atom stereocenters. The number of fused-ring (bicyclic) bond motifs is 5. The average Bonchev–Trinajstić information content (AvgIpc) is 3.50. The van der Waals surface area contributed by atoms with Crippen LogP contribution in [0.25, 0.3) is 0 Å². The summed E-state index contributed by atoms with van der Waals surface area (Å²) < 4.78 is 25.8. The molecular formula is C29H28BrFN2O4. The van der Waals surface area contributed by atoms with Gasteiger partial charge >= 0.3 is 0 Å². The SMILES string of the molecule is CCN1C(=O)C2(COc3cc4c(cc32)CC(C)(CC)O4)c2c(Br)cccc21.O=CNc1ccccc1F. The van der Waals surface area contributed by atoms with Crippen molar-refractivity contribution in [3.63, 3.8) is 0 Å². The van der Waals surface area contributed by atoms with E-state index in [2.05, 4.69) is 41.2 Å². The van der Waals surface area contributed by atoms with Gasteiger partial charge in [0.25, 0.3) is 0 Å². The van der Waals surface area contributed by atoms with Crippen LogP contribution < -0.4 is 19.7 Å². The number of nitrogens with zero attached hydrogens (tertiary/aromatic N) is 1. The minimum absolute atomic E-state index is 0.0998. The van der Waals surface area contributed by atoms with Crippen molar-refractivity contribution in [3.8, 4) is 11.5 Å². The van der Waals surface area contributed by atoms with Crippen LogP contribution in [0.1, 0.15) is 43.9 Å². The lowest BCUT2D eigenvalue weighted by molar-refractivity contribution is -0.122. The van der Waals surface area contributed by atoms with Gasteiger partial charge in [-0.05, 0) is 56.2 Å². The van der Waals surface area contributed by atoms with Gasteiger partial charge < -0.3 is 19.7 Å². The molecule has 0 saturated carbocycles. The monoisotopic (exact) mass is 566 g/mol. The molecule has 0 aliphatic carbocycles. The molecule has 3 heterocycles. The topological polar surface area (TPSA) is 67.9 Å². The van der Waals surface area contributed by atoms with Crippen molar-refractivity contribution in [2.75, 3.05) is 23.4 Å². The number of amides is 2. The molecule has 3 aromatic carbocycles. The summed E-state index contributed by atoms with van der Waals surface area (Å²) in [6.07, 6.45) is 2.24. The Morgan fingerprint density at radius 1 is 1.14 bits per heavy atom. The molecule has 2 atom stereocenters. The molecule has 0 fully saturated rings. The maximum Gasteiger partial charge on any atom is 0.245 e. The van der Waals surface area contributed by atoms with E-state index in [1.807, 2.05) is 36.1 Å². The van der Waals surface area contributed by atoms with Crippen LogP contribution in [-0.2, 0) is 21.4 Å². The largest absolute Gasteiger partial charge is 0.491 e. The highest BCUT2D eigenvalue weighted by Crippen LogP contribution is 2.56. The summed E-state index contributed by atoms with van der Waals surface area (Å²) in [5.41, 5.74) is 3.38. The molecule has 0 saturated heterocycles. The predicted molar refractivity (Wildman–Crippen MR) is 144 cm³/mol. The van der Waals surface area contributed by atoms with E-state index in [0.717, 1.165) is 45.6 Å². The second kappa shape index (κ2) is 9.49.